The normalized spacial score (nSPS) is 10.5. The van der Waals surface area contributed by atoms with Crippen molar-refractivity contribution >= 4 is 22.7 Å². The molecule has 0 radical (unpaired) electrons. The molecule has 0 amide bonds. The van der Waals surface area contributed by atoms with Gasteiger partial charge >= 0.3 is 5.97 Å². The molecule has 1 aromatic heterocycles. The van der Waals surface area contributed by atoms with E-state index < -0.39 is 11.8 Å². The molecule has 6 heteroatoms. The molecule has 0 aliphatic carbocycles. The first-order valence-electron chi connectivity index (χ1n) is 5.51. The molecule has 0 saturated carbocycles. The quantitative estimate of drug-likeness (QED) is 0.648. The van der Waals surface area contributed by atoms with E-state index in [9.17, 15) is 9.59 Å². The molecule has 0 bridgehead atoms. The first kappa shape index (κ1) is 12.9. The molecule has 100 valence electrons. The number of carbonyl (C=O) groups is 2. The van der Waals surface area contributed by atoms with E-state index in [0.717, 1.165) is 0 Å². The van der Waals surface area contributed by atoms with Crippen molar-refractivity contribution in [1.82, 2.24) is 4.98 Å². The van der Waals surface area contributed by atoms with Crippen LogP contribution in [0, 0.1) is 6.92 Å². The minimum absolute atomic E-state index is 0.142. The van der Waals surface area contributed by atoms with Gasteiger partial charge in [0, 0.05) is 17.1 Å². The second kappa shape index (κ2) is 4.64. The predicted molar refractivity (Wildman–Crippen MR) is 68.1 cm³/mol. The van der Waals surface area contributed by atoms with Gasteiger partial charge in [-0.05, 0) is 13.0 Å². The molecular formula is C13H13NO5. The summed E-state index contributed by atoms with van der Waals surface area (Å²) in [5.41, 5.74) is 1.26. The summed E-state index contributed by atoms with van der Waals surface area (Å²) in [7, 11) is 2.98. The van der Waals surface area contributed by atoms with Crippen LogP contribution in [0.3, 0.4) is 0 Å². The van der Waals surface area contributed by atoms with Gasteiger partial charge in [-0.2, -0.15) is 0 Å². The average molecular weight is 263 g/mol. The second-order valence-corrected chi connectivity index (χ2v) is 4.01. The fourth-order valence-corrected chi connectivity index (χ4v) is 2.06. The Morgan fingerprint density at radius 1 is 1.16 bits per heavy atom. The van der Waals surface area contributed by atoms with Gasteiger partial charge in [0.1, 0.15) is 0 Å². The molecule has 0 saturated heterocycles. The van der Waals surface area contributed by atoms with Crippen LogP contribution >= 0.6 is 0 Å². The van der Waals surface area contributed by atoms with E-state index in [2.05, 4.69) is 4.98 Å². The number of aliphatic carboxylic acids is 1. The van der Waals surface area contributed by atoms with Gasteiger partial charge in [0.25, 0.3) is 5.78 Å². The summed E-state index contributed by atoms with van der Waals surface area (Å²) >= 11 is 0. The highest BCUT2D eigenvalue weighted by molar-refractivity contribution is 6.42. The number of ketones is 1. The molecule has 0 aliphatic rings. The summed E-state index contributed by atoms with van der Waals surface area (Å²) in [6.45, 7) is 1.65. The molecule has 19 heavy (non-hydrogen) atoms. The van der Waals surface area contributed by atoms with Crippen molar-refractivity contribution in [3.63, 3.8) is 0 Å². The van der Waals surface area contributed by atoms with Crippen molar-refractivity contribution in [3.05, 3.63) is 23.4 Å². The van der Waals surface area contributed by atoms with Crippen LogP contribution in [0.2, 0.25) is 0 Å². The molecule has 2 aromatic rings. The maximum Gasteiger partial charge on any atom is 0.377 e. The number of carbonyl (C=O) groups excluding carboxylic acids is 1. The summed E-state index contributed by atoms with van der Waals surface area (Å²) in [6.07, 6.45) is 0. The number of benzene rings is 1. The maximum absolute atomic E-state index is 11.7. The molecule has 0 atom stereocenters. The maximum atomic E-state index is 11.7. The third-order valence-corrected chi connectivity index (χ3v) is 2.91. The molecule has 0 spiro atoms. The highest BCUT2D eigenvalue weighted by Crippen LogP contribution is 2.34. The van der Waals surface area contributed by atoms with E-state index in [1.807, 2.05) is 0 Å². The number of ether oxygens (including phenoxy) is 2. The Balaban J connectivity index is 2.76. The largest absolute Gasteiger partial charge is 0.493 e. The van der Waals surface area contributed by atoms with Gasteiger partial charge in [0.15, 0.2) is 11.5 Å². The number of carboxylic acid groups (broad SMARTS) is 1. The number of aromatic amines is 1. The first-order valence-corrected chi connectivity index (χ1v) is 5.51. The van der Waals surface area contributed by atoms with Crippen LogP contribution in [0.25, 0.3) is 10.9 Å². The smallest absolute Gasteiger partial charge is 0.377 e. The lowest BCUT2D eigenvalue weighted by Crippen LogP contribution is -2.13. The lowest BCUT2D eigenvalue weighted by molar-refractivity contribution is -0.131. The molecule has 2 rings (SSSR count). The van der Waals surface area contributed by atoms with Crippen molar-refractivity contribution in [3.8, 4) is 11.5 Å². The van der Waals surface area contributed by atoms with Gasteiger partial charge in [-0.3, -0.25) is 4.79 Å². The van der Waals surface area contributed by atoms with Crippen LogP contribution in [-0.2, 0) is 4.79 Å². The third-order valence-electron chi connectivity index (χ3n) is 2.91. The lowest BCUT2D eigenvalue weighted by Gasteiger charge is -2.07. The van der Waals surface area contributed by atoms with Crippen LogP contribution in [0.15, 0.2) is 12.1 Å². The van der Waals surface area contributed by atoms with Gasteiger partial charge in [0.05, 0.1) is 25.3 Å². The summed E-state index contributed by atoms with van der Waals surface area (Å²) in [5, 5.41) is 9.35. The number of fused-ring (bicyclic) bond motifs is 1. The second-order valence-electron chi connectivity index (χ2n) is 4.01. The highest BCUT2D eigenvalue weighted by Gasteiger charge is 2.23. The van der Waals surface area contributed by atoms with Gasteiger partial charge < -0.3 is 19.6 Å². The molecule has 0 aliphatic heterocycles. The third kappa shape index (κ3) is 2.01. The minimum atomic E-state index is -1.49. The molecule has 1 heterocycles. The molecular weight excluding hydrogens is 250 g/mol. The van der Waals surface area contributed by atoms with Gasteiger partial charge in [-0.25, -0.2) is 4.79 Å². The van der Waals surface area contributed by atoms with Crippen molar-refractivity contribution in [2.24, 2.45) is 0 Å². The molecule has 0 fully saturated rings. The number of aryl methyl sites for hydroxylation is 1. The average Bonchev–Trinajstić information content (AvgIpc) is 2.70. The van der Waals surface area contributed by atoms with E-state index >= 15 is 0 Å². The van der Waals surface area contributed by atoms with Crippen molar-refractivity contribution < 1.29 is 24.2 Å². The van der Waals surface area contributed by atoms with E-state index in [1.165, 1.54) is 14.2 Å². The number of aromatic nitrogens is 1. The minimum Gasteiger partial charge on any atom is -0.493 e. The Bertz CT molecular complexity index is 671. The van der Waals surface area contributed by atoms with Gasteiger partial charge in [-0.1, -0.05) is 0 Å². The Labute approximate surface area is 108 Å². The standard InChI is InChI=1S/C13H13NO5/c1-6-11(12(15)13(16)17)7-4-9(18-2)10(19-3)5-8(7)14-6/h4-5,14H,1-3H3,(H,16,17). The SMILES string of the molecule is COc1cc2[nH]c(C)c(C(=O)C(=O)O)c2cc1OC. The molecule has 0 unspecified atom stereocenters. The summed E-state index contributed by atoms with van der Waals surface area (Å²) in [4.78, 5) is 25.5. The predicted octanol–water partition coefficient (Wildman–Crippen LogP) is 1.76. The molecule has 6 nitrogen and oxygen atoms in total. The van der Waals surface area contributed by atoms with Gasteiger partial charge in [0.2, 0.25) is 0 Å². The zero-order valence-electron chi connectivity index (χ0n) is 10.7. The summed E-state index contributed by atoms with van der Waals surface area (Å²) in [6, 6.07) is 3.26. The van der Waals surface area contributed by atoms with Crippen LogP contribution in [-0.4, -0.2) is 36.1 Å². The number of nitrogens with one attached hydrogen (secondary N) is 1. The fourth-order valence-electron chi connectivity index (χ4n) is 2.06. The Morgan fingerprint density at radius 2 is 1.74 bits per heavy atom. The Hall–Kier alpha value is -2.50. The van der Waals surface area contributed by atoms with Gasteiger partial charge in [-0.15, -0.1) is 0 Å². The number of carboxylic acids is 1. The monoisotopic (exact) mass is 263 g/mol. The van der Waals surface area contributed by atoms with Crippen LogP contribution in [0.1, 0.15) is 16.1 Å². The molecule has 1 aromatic carbocycles. The van der Waals surface area contributed by atoms with E-state index in [4.69, 9.17) is 14.6 Å². The number of Topliss-reactive ketones (excluding diaryl/α,β-unsaturated/α-hetero) is 1. The summed E-state index contributed by atoms with van der Waals surface area (Å²) < 4.78 is 10.3. The zero-order chi connectivity index (χ0) is 14.2. The van der Waals surface area contributed by atoms with Crippen LogP contribution in [0.5, 0.6) is 11.5 Å². The van der Waals surface area contributed by atoms with Crippen molar-refractivity contribution in [2.75, 3.05) is 14.2 Å². The van der Waals surface area contributed by atoms with E-state index in [-0.39, 0.29) is 5.56 Å². The Morgan fingerprint density at radius 3 is 2.26 bits per heavy atom. The van der Waals surface area contributed by atoms with Crippen molar-refractivity contribution in [2.45, 2.75) is 6.92 Å². The van der Waals surface area contributed by atoms with Crippen molar-refractivity contribution in [1.29, 1.82) is 0 Å². The Kier molecular flexibility index (Phi) is 3.16. The van der Waals surface area contributed by atoms with Crippen LogP contribution < -0.4 is 9.47 Å². The lowest BCUT2D eigenvalue weighted by atomic mass is 10.1. The first-order chi connectivity index (χ1) is 8.99. The molecule has 2 N–H and O–H groups in total. The topological polar surface area (TPSA) is 88.6 Å². The van der Waals surface area contributed by atoms with E-state index in [0.29, 0.717) is 28.1 Å². The number of hydrogen-bond donors (Lipinski definition) is 2. The number of rotatable bonds is 4. The highest BCUT2D eigenvalue weighted by atomic mass is 16.5. The number of H-pyrrole nitrogens is 1. The summed E-state index contributed by atoms with van der Waals surface area (Å²) in [5.74, 6) is -1.49. The number of methoxy groups -OCH3 is 2. The zero-order valence-corrected chi connectivity index (χ0v) is 10.7. The fraction of sp³-hybridized carbons (Fsp3) is 0.231. The number of hydrogen-bond acceptors (Lipinski definition) is 4. The van der Waals surface area contributed by atoms with E-state index in [1.54, 1.807) is 19.1 Å². The van der Waals surface area contributed by atoms with Crippen LogP contribution in [0.4, 0.5) is 0 Å².